The van der Waals surface area contributed by atoms with E-state index in [4.69, 9.17) is 0 Å². The van der Waals surface area contributed by atoms with Gasteiger partial charge in [-0.3, -0.25) is 9.59 Å². The van der Waals surface area contributed by atoms with Crippen molar-refractivity contribution in [3.05, 3.63) is 42.5 Å². The summed E-state index contributed by atoms with van der Waals surface area (Å²) in [4.78, 5) is 22.8. The van der Waals surface area contributed by atoms with Crippen molar-refractivity contribution in [2.24, 2.45) is 5.92 Å². The summed E-state index contributed by atoms with van der Waals surface area (Å²) in [5, 5.41) is 5.52. The van der Waals surface area contributed by atoms with Crippen LogP contribution < -0.4 is 10.6 Å². The van der Waals surface area contributed by atoms with E-state index in [1.165, 1.54) is 18.9 Å². The van der Waals surface area contributed by atoms with Gasteiger partial charge in [0, 0.05) is 17.8 Å². The summed E-state index contributed by atoms with van der Waals surface area (Å²) in [5.41, 5.74) is 1.26. The third kappa shape index (κ3) is 3.45. The Kier molecular flexibility index (Phi) is 3.77. The van der Waals surface area contributed by atoms with Crippen LogP contribution in [-0.4, -0.2) is 18.4 Å². The van der Waals surface area contributed by atoms with Crippen molar-refractivity contribution in [2.45, 2.75) is 12.8 Å². The van der Waals surface area contributed by atoms with Crippen molar-refractivity contribution in [3.8, 4) is 0 Å². The molecule has 2 amide bonds. The van der Waals surface area contributed by atoms with Crippen LogP contribution in [0, 0.1) is 5.92 Å². The molecule has 4 heteroatoms. The van der Waals surface area contributed by atoms with Crippen LogP contribution in [-0.2, 0) is 4.79 Å². The monoisotopic (exact) mass is 244 g/mol. The Morgan fingerprint density at radius 2 is 1.94 bits per heavy atom. The first-order chi connectivity index (χ1) is 8.69. The number of rotatable bonds is 5. The number of carbonyl (C=O) groups is 2. The van der Waals surface area contributed by atoms with Crippen molar-refractivity contribution in [1.82, 2.24) is 5.32 Å². The highest BCUT2D eigenvalue weighted by Crippen LogP contribution is 2.27. The molecular formula is C14H16N2O2. The lowest BCUT2D eigenvalue weighted by Gasteiger charge is -2.06. The molecule has 0 aromatic heterocycles. The van der Waals surface area contributed by atoms with Crippen molar-refractivity contribution < 1.29 is 9.59 Å². The SMILES string of the molecule is C=CC(=O)Nc1ccc(C(=O)NCC2CC2)cc1. The Labute approximate surface area is 106 Å². The lowest BCUT2D eigenvalue weighted by atomic mass is 10.2. The minimum Gasteiger partial charge on any atom is -0.352 e. The molecule has 0 unspecified atom stereocenters. The molecule has 0 spiro atoms. The molecule has 0 aliphatic heterocycles. The number of amides is 2. The molecule has 18 heavy (non-hydrogen) atoms. The molecule has 2 rings (SSSR count). The molecule has 94 valence electrons. The van der Waals surface area contributed by atoms with Gasteiger partial charge in [-0.1, -0.05) is 6.58 Å². The highest BCUT2D eigenvalue weighted by Gasteiger charge is 2.21. The Balaban J connectivity index is 1.91. The molecule has 1 aliphatic carbocycles. The van der Waals surface area contributed by atoms with Crippen molar-refractivity contribution in [2.75, 3.05) is 11.9 Å². The van der Waals surface area contributed by atoms with Crippen LogP contribution in [0.4, 0.5) is 5.69 Å². The minimum atomic E-state index is -0.263. The largest absolute Gasteiger partial charge is 0.352 e. The maximum absolute atomic E-state index is 11.8. The fourth-order valence-corrected chi connectivity index (χ4v) is 1.56. The second kappa shape index (κ2) is 5.49. The molecule has 0 radical (unpaired) electrons. The molecule has 1 aliphatic rings. The highest BCUT2D eigenvalue weighted by atomic mass is 16.2. The lowest BCUT2D eigenvalue weighted by Crippen LogP contribution is -2.25. The summed E-state index contributed by atoms with van der Waals surface area (Å²) in [6.45, 7) is 4.13. The lowest BCUT2D eigenvalue weighted by molar-refractivity contribution is -0.111. The summed E-state index contributed by atoms with van der Waals surface area (Å²) in [6.07, 6.45) is 3.63. The Morgan fingerprint density at radius 3 is 2.50 bits per heavy atom. The number of anilines is 1. The highest BCUT2D eigenvalue weighted by molar-refractivity contribution is 5.99. The molecule has 0 saturated heterocycles. The van der Waals surface area contributed by atoms with Gasteiger partial charge in [0.05, 0.1) is 0 Å². The van der Waals surface area contributed by atoms with Gasteiger partial charge < -0.3 is 10.6 Å². The molecule has 1 fully saturated rings. The van der Waals surface area contributed by atoms with E-state index in [0.29, 0.717) is 17.2 Å². The van der Waals surface area contributed by atoms with Gasteiger partial charge in [0.15, 0.2) is 0 Å². The number of hydrogen-bond acceptors (Lipinski definition) is 2. The second-order valence-corrected chi connectivity index (χ2v) is 4.42. The van der Waals surface area contributed by atoms with Gasteiger partial charge in [0.25, 0.3) is 5.91 Å². The van der Waals surface area contributed by atoms with Gasteiger partial charge in [-0.2, -0.15) is 0 Å². The van der Waals surface area contributed by atoms with Crippen LogP contribution in [0.5, 0.6) is 0 Å². The van der Waals surface area contributed by atoms with Crippen LogP contribution >= 0.6 is 0 Å². The zero-order valence-electron chi connectivity index (χ0n) is 10.1. The van der Waals surface area contributed by atoms with Crippen LogP contribution in [0.1, 0.15) is 23.2 Å². The van der Waals surface area contributed by atoms with Gasteiger partial charge in [-0.15, -0.1) is 0 Å². The molecule has 2 N–H and O–H groups in total. The first-order valence-corrected chi connectivity index (χ1v) is 6.00. The predicted molar refractivity (Wildman–Crippen MR) is 70.3 cm³/mol. The van der Waals surface area contributed by atoms with E-state index < -0.39 is 0 Å². The summed E-state index contributed by atoms with van der Waals surface area (Å²) >= 11 is 0. The summed E-state index contributed by atoms with van der Waals surface area (Å²) in [5.74, 6) is 0.338. The van der Waals surface area contributed by atoms with Crippen molar-refractivity contribution in [1.29, 1.82) is 0 Å². The quantitative estimate of drug-likeness (QED) is 0.778. The topological polar surface area (TPSA) is 58.2 Å². The smallest absolute Gasteiger partial charge is 0.251 e. The van der Waals surface area contributed by atoms with Gasteiger partial charge in [0.2, 0.25) is 5.91 Å². The van der Waals surface area contributed by atoms with Crippen LogP contribution in [0.3, 0.4) is 0 Å². The third-order valence-electron chi connectivity index (χ3n) is 2.85. The van der Waals surface area contributed by atoms with E-state index >= 15 is 0 Å². The van der Waals surface area contributed by atoms with Gasteiger partial charge in [-0.05, 0) is 49.1 Å². The fraction of sp³-hybridized carbons (Fsp3) is 0.286. The van der Waals surface area contributed by atoms with E-state index in [-0.39, 0.29) is 11.8 Å². The summed E-state index contributed by atoms with van der Waals surface area (Å²) < 4.78 is 0. The number of hydrogen-bond donors (Lipinski definition) is 2. The van der Waals surface area contributed by atoms with Gasteiger partial charge >= 0.3 is 0 Å². The maximum Gasteiger partial charge on any atom is 0.251 e. The molecule has 1 aromatic rings. The fourth-order valence-electron chi connectivity index (χ4n) is 1.56. The number of carbonyl (C=O) groups excluding carboxylic acids is 2. The zero-order chi connectivity index (χ0) is 13.0. The van der Waals surface area contributed by atoms with Crippen LogP contribution in [0.2, 0.25) is 0 Å². The van der Waals surface area contributed by atoms with Crippen molar-refractivity contribution >= 4 is 17.5 Å². The molecule has 1 aromatic carbocycles. The van der Waals surface area contributed by atoms with Crippen LogP contribution in [0.15, 0.2) is 36.9 Å². The van der Waals surface area contributed by atoms with E-state index in [0.717, 1.165) is 6.54 Å². The summed E-state index contributed by atoms with van der Waals surface area (Å²) in [7, 11) is 0. The van der Waals surface area contributed by atoms with E-state index in [2.05, 4.69) is 17.2 Å². The minimum absolute atomic E-state index is 0.0662. The van der Waals surface area contributed by atoms with E-state index in [1.54, 1.807) is 24.3 Å². The Bertz CT molecular complexity index is 461. The molecule has 1 saturated carbocycles. The predicted octanol–water partition coefficient (Wildman–Crippen LogP) is 1.95. The van der Waals surface area contributed by atoms with Crippen molar-refractivity contribution in [3.63, 3.8) is 0 Å². The van der Waals surface area contributed by atoms with E-state index in [1.807, 2.05) is 0 Å². The Hall–Kier alpha value is -2.10. The molecule has 0 atom stereocenters. The standard InChI is InChI=1S/C14H16N2O2/c1-2-13(17)16-12-7-5-11(6-8-12)14(18)15-9-10-3-4-10/h2,5-8,10H,1,3-4,9H2,(H,15,18)(H,16,17). The Morgan fingerprint density at radius 1 is 1.28 bits per heavy atom. The average molecular weight is 244 g/mol. The third-order valence-corrected chi connectivity index (χ3v) is 2.85. The first kappa shape index (κ1) is 12.4. The maximum atomic E-state index is 11.8. The van der Waals surface area contributed by atoms with Gasteiger partial charge in [0.1, 0.15) is 0 Å². The molecule has 0 heterocycles. The zero-order valence-corrected chi connectivity index (χ0v) is 10.1. The molecule has 4 nitrogen and oxygen atoms in total. The number of benzene rings is 1. The summed E-state index contributed by atoms with van der Waals surface area (Å²) in [6, 6.07) is 6.79. The normalized spacial score (nSPS) is 13.8. The second-order valence-electron chi connectivity index (χ2n) is 4.42. The van der Waals surface area contributed by atoms with Gasteiger partial charge in [-0.25, -0.2) is 0 Å². The molecule has 0 bridgehead atoms. The molecular weight excluding hydrogens is 228 g/mol. The van der Waals surface area contributed by atoms with E-state index in [9.17, 15) is 9.59 Å². The van der Waals surface area contributed by atoms with Crippen LogP contribution in [0.25, 0.3) is 0 Å². The number of nitrogens with one attached hydrogen (secondary N) is 2. The average Bonchev–Trinajstić information content (AvgIpc) is 3.20. The first-order valence-electron chi connectivity index (χ1n) is 6.00.